The third kappa shape index (κ3) is 6.72. The van der Waals surface area contributed by atoms with Crippen molar-refractivity contribution >= 4 is 51.9 Å². The van der Waals surface area contributed by atoms with Gasteiger partial charge < -0.3 is 19.5 Å². The maximum absolute atomic E-state index is 12.4. The number of carbonyl (C=O) groups is 4. The summed E-state index contributed by atoms with van der Waals surface area (Å²) in [6, 6.07) is 5.79. The molecule has 0 atom stereocenters. The summed E-state index contributed by atoms with van der Waals surface area (Å²) in [7, 11) is 0. The first-order valence-electron chi connectivity index (χ1n) is 10.0. The average molecular weight is 490 g/mol. The van der Waals surface area contributed by atoms with Crippen molar-refractivity contribution in [3.8, 4) is 0 Å². The van der Waals surface area contributed by atoms with Gasteiger partial charge in [-0.3, -0.25) is 14.9 Å². The van der Waals surface area contributed by atoms with Crippen LogP contribution in [-0.4, -0.2) is 48.6 Å². The van der Waals surface area contributed by atoms with Crippen LogP contribution in [0.2, 0.25) is 0 Å². The third-order valence-corrected chi connectivity index (χ3v) is 5.41. The second kappa shape index (κ2) is 12.3. The molecular formula is C22H22N2O9S. The zero-order valence-electron chi connectivity index (χ0n) is 18.6. The lowest BCUT2D eigenvalue weighted by Gasteiger charge is -2.07. The highest BCUT2D eigenvalue weighted by Gasteiger charge is 2.27. The van der Waals surface area contributed by atoms with Gasteiger partial charge in [0.2, 0.25) is 0 Å². The van der Waals surface area contributed by atoms with Gasteiger partial charge in [0.05, 0.1) is 29.3 Å². The fourth-order valence-electron chi connectivity index (χ4n) is 2.74. The fraction of sp³-hybridized carbons (Fsp3) is 0.273. The number of nitro benzene ring substituents is 1. The van der Waals surface area contributed by atoms with E-state index in [-0.39, 0.29) is 39.9 Å². The molecule has 1 aromatic heterocycles. The molecular weight excluding hydrogens is 468 g/mol. The lowest BCUT2D eigenvalue weighted by Crippen LogP contribution is -2.21. The summed E-state index contributed by atoms with van der Waals surface area (Å²) in [6.07, 6.45) is 2.15. The van der Waals surface area contributed by atoms with E-state index >= 15 is 0 Å². The topological polar surface area (TPSA) is 151 Å². The summed E-state index contributed by atoms with van der Waals surface area (Å²) in [5.41, 5.74) is 0.294. The minimum absolute atomic E-state index is 0.00543. The second-order valence-electron chi connectivity index (χ2n) is 6.51. The lowest BCUT2D eigenvalue weighted by molar-refractivity contribution is -0.385. The van der Waals surface area contributed by atoms with Gasteiger partial charge in [-0.1, -0.05) is 12.1 Å². The highest BCUT2D eigenvalue weighted by atomic mass is 32.1. The third-order valence-electron chi connectivity index (χ3n) is 4.22. The second-order valence-corrected chi connectivity index (χ2v) is 7.53. The van der Waals surface area contributed by atoms with E-state index in [1.807, 2.05) is 0 Å². The molecule has 0 aliphatic rings. The number of hydrogen-bond acceptors (Lipinski definition) is 10. The minimum Gasteiger partial charge on any atom is -0.462 e. The van der Waals surface area contributed by atoms with Crippen LogP contribution in [0.5, 0.6) is 0 Å². The Balaban J connectivity index is 2.10. The molecule has 1 N–H and O–H groups in total. The van der Waals surface area contributed by atoms with E-state index in [0.29, 0.717) is 5.56 Å². The molecule has 12 heteroatoms. The normalized spacial score (nSPS) is 10.6. The molecule has 0 saturated carbocycles. The van der Waals surface area contributed by atoms with Crippen LogP contribution in [0, 0.1) is 17.0 Å². The lowest BCUT2D eigenvalue weighted by atomic mass is 10.1. The molecule has 0 bridgehead atoms. The van der Waals surface area contributed by atoms with Gasteiger partial charge in [0.15, 0.2) is 6.61 Å². The van der Waals surface area contributed by atoms with Crippen molar-refractivity contribution in [3.05, 3.63) is 62.0 Å². The van der Waals surface area contributed by atoms with Gasteiger partial charge >= 0.3 is 17.9 Å². The maximum atomic E-state index is 12.4. The standard InChI is InChI=1S/C22H22N2O9S/c1-4-31-21(27)18-13(3)19(22(28)32-5-2)34-20(18)23-16(25)12-33-17(26)11-10-14-8-6-7-9-15(14)24(29)30/h6-11H,4-5,12H2,1-3H3,(H,23,25)/b11-10+. The molecule has 1 amide bonds. The fourth-order valence-corrected chi connectivity index (χ4v) is 3.85. The molecule has 0 aliphatic carbocycles. The molecule has 34 heavy (non-hydrogen) atoms. The zero-order chi connectivity index (χ0) is 25.3. The van der Waals surface area contributed by atoms with Gasteiger partial charge in [-0.25, -0.2) is 14.4 Å². The summed E-state index contributed by atoms with van der Waals surface area (Å²) < 4.78 is 14.8. The Labute approximate surface area is 198 Å². The molecule has 0 radical (unpaired) electrons. The Morgan fingerprint density at radius 2 is 1.71 bits per heavy atom. The van der Waals surface area contributed by atoms with Crippen molar-refractivity contribution in [1.82, 2.24) is 0 Å². The predicted octanol–water partition coefficient (Wildman–Crippen LogP) is 3.51. The van der Waals surface area contributed by atoms with Gasteiger partial charge in [0.25, 0.3) is 11.6 Å². The van der Waals surface area contributed by atoms with Crippen LogP contribution in [0.15, 0.2) is 30.3 Å². The summed E-state index contributed by atoms with van der Waals surface area (Å²) in [5, 5.41) is 13.5. The Kier molecular flexibility index (Phi) is 9.44. The molecule has 11 nitrogen and oxygen atoms in total. The van der Waals surface area contributed by atoms with Crippen LogP contribution in [0.25, 0.3) is 6.08 Å². The van der Waals surface area contributed by atoms with Crippen molar-refractivity contribution in [2.45, 2.75) is 20.8 Å². The molecule has 0 fully saturated rings. The number of benzene rings is 1. The van der Waals surface area contributed by atoms with Crippen molar-refractivity contribution in [2.24, 2.45) is 0 Å². The van der Waals surface area contributed by atoms with E-state index in [2.05, 4.69) is 5.32 Å². The van der Waals surface area contributed by atoms with Crippen molar-refractivity contribution in [3.63, 3.8) is 0 Å². The number of rotatable bonds is 10. The summed E-state index contributed by atoms with van der Waals surface area (Å²) >= 11 is 0.837. The van der Waals surface area contributed by atoms with Crippen molar-refractivity contribution in [1.29, 1.82) is 0 Å². The quantitative estimate of drug-likeness (QED) is 0.173. The Hall–Kier alpha value is -4.06. The first-order chi connectivity index (χ1) is 16.2. The number of anilines is 1. The molecule has 0 saturated heterocycles. The molecule has 1 heterocycles. The molecule has 0 unspecified atom stereocenters. The highest BCUT2D eigenvalue weighted by Crippen LogP contribution is 2.34. The zero-order valence-corrected chi connectivity index (χ0v) is 19.4. The van der Waals surface area contributed by atoms with Crippen LogP contribution in [-0.2, 0) is 23.8 Å². The molecule has 2 rings (SSSR count). The van der Waals surface area contributed by atoms with Gasteiger partial charge in [-0.15, -0.1) is 11.3 Å². The van der Waals surface area contributed by atoms with E-state index < -0.39 is 35.3 Å². The van der Waals surface area contributed by atoms with E-state index in [9.17, 15) is 29.3 Å². The van der Waals surface area contributed by atoms with Crippen LogP contribution in [0.1, 0.15) is 45.0 Å². The van der Waals surface area contributed by atoms with Gasteiger partial charge in [-0.2, -0.15) is 0 Å². The van der Waals surface area contributed by atoms with Crippen molar-refractivity contribution in [2.75, 3.05) is 25.1 Å². The number of nitrogens with zero attached hydrogens (tertiary/aromatic N) is 1. The Bertz CT molecular complexity index is 1140. The SMILES string of the molecule is CCOC(=O)c1sc(NC(=O)COC(=O)/C=C/c2ccccc2[N+](=O)[O-])c(C(=O)OCC)c1C. The summed E-state index contributed by atoms with van der Waals surface area (Å²) in [6.45, 7) is 4.28. The highest BCUT2D eigenvalue weighted by molar-refractivity contribution is 7.18. The van der Waals surface area contributed by atoms with Gasteiger partial charge in [-0.05, 0) is 38.5 Å². The smallest absolute Gasteiger partial charge is 0.348 e. The number of amides is 1. The van der Waals surface area contributed by atoms with Gasteiger partial charge in [0, 0.05) is 12.1 Å². The van der Waals surface area contributed by atoms with Crippen LogP contribution in [0.3, 0.4) is 0 Å². The van der Waals surface area contributed by atoms with Gasteiger partial charge in [0.1, 0.15) is 9.88 Å². The number of carbonyl (C=O) groups excluding carboxylic acids is 4. The van der Waals surface area contributed by atoms with E-state index in [1.165, 1.54) is 31.2 Å². The number of esters is 3. The molecule has 1 aromatic carbocycles. The average Bonchev–Trinajstić information content (AvgIpc) is 3.12. The van der Waals surface area contributed by atoms with Crippen molar-refractivity contribution < 1.29 is 38.3 Å². The molecule has 180 valence electrons. The number of nitrogens with one attached hydrogen (secondary N) is 1. The van der Waals surface area contributed by atoms with Crippen LogP contribution in [0.4, 0.5) is 10.7 Å². The van der Waals surface area contributed by atoms with E-state index in [1.54, 1.807) is 19.9 Å². The van der Waals surface area contributed by atoms with Crippen LogP contribution < -0.4 is 5.32 Å². The van der Waals surface area contributed by atoms with E-state index in [4.69, 9.17) is 14.2 Å². The maximum Gasteiger partial charge on any atom is 0.348 e. The largest absolute Gasteiger partial charge is 0.462 e. The number of thiophene rings is 1. The first kappa shape index (κ1) is 26.2. The summed E-state index contributed by atoms with van der Waals surface area (Å²) in [5.74, 6) is -3.06. The molecule has 0 spiro atoms. The molecule has 0 aliphatic heterocycles. The van der Waals surface area contributed by atoms with E-state index in [0.717, 1.165) is 17.4 Å². The predicted molar refractivity (Wildman–Crippen MR) is 123 cm³/mol. The Morgan fingerprint density at radius 3 is 2.35 bits per heavy atom. The minimum atomic E-state index is -0.909. The number of hydrogen-bond donors (Lipinski definition) is 1. The number of ether oxygens (including phenoxy) is 3. The monoisotopic (exact) mass is 490 g/mol. The molecule has 2 aromatic rings. The van der Waals surface area contributed by atoms with Crippen LogP contribution >= 0.6 is 11.3 Å². The number of para-hydroxylation sites is 1. The Morgan fingerprint density at radius 1 is 1.06 bits per heavy atom. The number of nitro groups is 1. The first-order valence-corrected chi connectivity index (χ1v) is 10.9. The summed E-state index contributed by atoms with van der Waals surface area (Å²) in [4.78, 5) is 59.4.